The molecule has 0 unspecified atom stereocenters. The second-order valence-electron chi connectivity index (χ2n) is 7.96. The van der Waals surface area contributed by atoms with E-state index in [9.17, 15) is 9.59 Å². The Labute approximate surface area is 187 Å². The van der Waals surface area contributed by atoms with Crippen molar-refractivity contribution in [1.29, 1.82) is 0 Å². The topological polar surface area (TPSA) is 70.4 Å². The van der Waals surface area contributed by atoms with Crippen molar-refractivity contribution in [2.45, 2.75) is 25.9 Å². The van der Waals surface area contributed by atoms with Crippen LogP contribution < -0.4 is 15.5 Å². The molecule has 3 aromatic carbocycles. The standard InChI is InChI=1S/C26H25N3O3/c1-17-4-8-19(9-5-17)16-29-24(20-12-14-22(32-3)15-13-20)23(26(31)28-29)27-25(30)21-10-6-18(2)7-11-21/h4-16,23-24H,1-3H3,(H-,27,28,30,31)/p+1/b29-16-/t23-,24+/m1/s1. The Kier molecular flexibility index (Phi) is 6.03. The van der Waals surface area contributed by atoms with Crippen molar-refractivity contribution in [1.82, 2.24) is 10.7 Å². The second-order valence-corrected chi connectivity index (χ2v) is 7.96. The van der Waals surface area contributed by atoms with E-state index in [1.807, 2.05) is 80.7 Å². The summed E-state index contributed by atoms with van der Waals surface area (Å²) in [5.74, 6) is 0.163. The first-order valence-corrected chi connectivity index (χ1v) is 10.5. The summed E-state index contributed by atoms with van der Waals surface area (Å²) in [4.78, 5) is 25.8. The SMILES string of the molecule is COc1ccc([C@H]2[C@@H](NC(=O)c3ccc(C)cc3)C(=O)N/[N+]2=C\c2ccc(C)cc2)cc1. The largest absolute Gasteiger partial charge is 0.497 e. The maximum atomic E-state index is 12.9. The summed E-state index contributed by atoms with van der Waals surface area (Å²) < 4.78 is 7.03. The molecule has 0 radical (unpaired) electrons. The third kappa shape index (κ3) is 4.54. The molecule has 2 atom stereocenters. The molecular formula is C26H26N3O3+. The Balaban J connectivity index is 1.69. The highest BCUT2D eigenvalue weighted by molar-refractivity contribution is 5.98. The van der Waals surface area contributed by atoms with Crippen LogP contribution in [0.4, 0.5) is 0 Å². The molecule has 0 saturated carbocycles. The molecule has 0 bridgehead atoms. The van der Waals surface area contributed by atoms with E-state index in [2.05, 4.69) is 10.7 Å². The third-order valence-electron chi connectivity index (χ3n) is 5.56. The molecule has 2 amide bonds. The van der Waals surface area contributed by atoms with Crippen molar-refractivity contribution in [3.63, 3.8) is 0 Å². The summed E-state index contributed by atoms with van der Waals surface area (Å²) in [6.07, 6.45) is 1.88. The van der Waals surface area contributed by atoms with E-state index in [4.69, 9.17) is 4.74 Å². The lowest BCUT2D eigenvalue weighted by Gasteiger charge is -2.15. The van der Waals surface area contributed by atoms with Crippen molar-refractivity contribution in [3.05, 3.63) is 101 Å². The van der Waals surface area contributed by atoms with Gasteiger partial charge in [-0.2, -0.15) is 0 Å². The maximum Gasteiger partial charge on any atom is 0.304 e. The fourth-order valence-corrected chi connectivity index (χ4v) is 3.72. The van der Waals surface area contributed by atoms with Gasteiger partial charge in [-0.25, -0.2) is 0 Å². The van der Waals surface area contributed by atoms with E-state index >= 15 is 0 Å². The number of benzene rings is 3. The molecule has 0 aliphatic carbocycles. The highest BCUT2D eigenvalue weighted by Gasteiger charge is 2.47. The Bertz CT molecular complexity index is 1150. The zero-order valence-electron chi connectivity index (χ0n) is 18.3. The molecule has 6 heteroatoms. The lowest BCUT2D eigenvalue weighted by Crippen LogP contribution is -2.42. The van der Waals surface area contributed by atoms with Gasteiger partial charge in [-0.1, -0.05) is 35.4 Å². The molecule has 6 nitrogen and oxygen atoms in total. The van der Waals surface area contributed by atoms with Crippen LogP contribution in [0, 0.1) is 13.8 Å². The summed E-state index contributed by atoms with van der Waals surface area (Å²) >= 11 is 0. The van der Waals surface area contributed by atoms with Crippen LogP contribution in [0.5, 0.6) is 5.75 Å². The van der Waals surface area contributed by atoms with Crippen molar-refractivity contribution in [3.8, 4) is 5.75 Å². The van der Waals surface area contributed by atoms with Gasteiger partial charge in [-0.3, -0.25) is 9.59 Å². The number of aryl methyl sites for hydroxylation is 2. The quantitative estimate of drug-likeness (QED) is 0.613. The molecule has 0 spiro atoms. The predicted octanol–water partition coefficient (Wildman–Crippen LogP) is 3.33. The van der Waals surface area contributed by atoms with Gasteiger partial charge in [0, 0.05) is 16.7 Å². The van der Waals surface area contributed by atoms with Gasteiger partial charge in [-0.15, -0.1) is 10.1 Å². The molecule has 1 fully saturated rings. The summed E-state index contributed by atoms with van der Waals surface area (Å²) in [5, 5.41) is 2.92. The van der Waals surface area contributed by atoms with Crippen LogP contribution in [0.2, 0.25) is 0 Å². The number of carbonyl (C=O) groups is 2. The van der Waals surface area contributed by atoms with E-state index in [1.165, 1.54) is 0 Å². The molecule has 2 N–H and O–H groups in total. The number of ether oxygens (including phenoxy) is 1. The summed E-state index contributed by atoms with van der Waals surface area (Å²) in [6.45, 7) is 3.99. The van der Waals surface area contributed by atoms with Gasteiger partial charge in [0.15, 0.2) is 6.04 Å². The number of amides is 2. The Morgan fingerprint density at radius 2 is 1.53 bits per heavy atom. The molecule has 1 aliphatic rings. The van der Waals surface area contributed by atoms with Crippen LogP contribution in [0.1, 0.15) is 38.7 Å². The zero-order chi connectivity index (χ0) is 22.7. The van der Waals surface area contributed by atoms with Gasteiger partial charge in [0.2, 0.25) is 12.3 Å². The average molecular weight is 429 g/mol. The smallest absolute Gasteiger partial charge is 0.304 e. The van der Waals surface area contributed by atoms with Crippen LogP contribution in [0.25, 0.3) is 0 Å². The first-order valence-electron chi connectivity index (χ1n) is 10.5. The van der Waals surface area contributed by atoms with Gasteiger partial charge in [0.05, 0.1) is 7.11 Å². The van der Waals surface area contributed by atoms with Gasteiger partial charge >= 0.3 is 5.91 Å². The number of hydrogen-bond acceptors (Lipinski definition) is 3. The molecular weight excluding hydrogens is 402 g/mol. The number of hydrazone groups is 1. The number of hydrogen-bond donors (Lipinski definition) is 2. The molecule has 32 heavy (non-hydrogen) atoms. The minimum atomic E-state index is -0.765. The van der Waals surface area contributed by atoms with Crippen LogP contribution in [-0.2, 0) is 4.79 Å². The summed E-state index contributed by atoms with van der Waals surface area (Å²) in [5.41, 5.74) is 7.46. The lowest BCUT2D eigenvalue weighted by atomic mass is 9.99. The van der Waals surface area contributed by atoms with Crippen molar-refractivity contribution in [2.75, 3.05) is 7.11 Å². The van der Waals surface area contributed by atoms with E-state index in [-0.39, 0.29) is 11.8 Å². The first-order chi connectivity index (χ1) is 15.4. The van der Waals surface area contributed by atoms with Crippen molar-refractivity contribution >= 4 is 18.0 Å². The fourth-order valence-electron chi connectivity index (χ4n) is 3.72. The van der Waals surface area contributed by atoms with E-state index in [1.54, 1.807) is 23.9 Å². The van der Waals surface area contributed by atoms with Gasteiger partial charge < -0.3 is 10.1 Å². The van der Waals surface area contributed by atoms with Gasteiger partial charge in [0.25, 0.3) is 5.91 Å². The minimum absolute atomic E-state index is 0.269. The predicted molar refractivity (Wildman–Crippen MR) is 123 cm³/mol. The Morgan fingerprint density at radius 1 is 0.938 bits per heavy atom. The minimum Gasteiger partial charge on any atom is -0.497 e. The van der Waals surface area contributed by atoms with Gasteiger partial charge in [-0.05, 0) is 62.4 Å². The molecule has 0 aromatic heterocycles. The fraction of sp³-hybridized carbons (Fsp3) is 0.192. The third-order valence-corrected chi connectivity index (χ3v) is 5.56. The molecule has 162 valence electrons. The zero-order valence-corrected chi connectivity index (χ0v) is 18.3. The highest BCUT2D eigenvalue weighted by Crippen LogP contribution is 2.27. The average Bonchev–Trinajstić information content (AvgIpc) is 3.10. The lowest BCUT2D eigenvalue weighted by molar-refractivity contribution is -0.596. The number of methoxy groups -OCH3 is 1. The van der Waals surface area contributed by atoms with Crippen LogP contribution in [0.15, 0.2) is 72.8 Å². The molecule has 1 heterocycles. The summed E-state index contributed by atoms with van der Waals surface area (Å²) in [6, 6.07) is 21.6. The maximum absolute atomic E-state index is 12.9. The Hall–Kier alpha value is -3.93. The molecule has 1 aliphatic heterocycles. The highest BCUT2D eigenvalue weighted by atomic mass is 16.5. The summed E-state index contributed by atoms with van der Waals surface area (Å²) in [7, 11) is 1.61. The van der Waals surface area contributed by atoms with Crippen LogP contribution in [-0.4, -0.2) is 35.9 Å². The molecule has 1 saturated heterocycles. The monoisotopic (exact) mass is 428 g/mol. The molecule has 3 aromatic rings. The normalized spacial score (nSPS) is 19.0. The van der Waals surface area contributed by atoms with E-state index in [0.717, 1.165) is 28.0 Å². The number of rotatable bonds is 5. The van der Waals surface area contributed by atoms with Crippen molar-refractivity contribution < 1.29 is 19.0 Å². The first kappa shape index (κ1) is 21.3. The molecule has 4 rings (SSSR count). The van der Waals surface area contributed by atoms with E-state index < -0.39 is 12.1 Å². The number of carbonyl (C=O) groups excluding carboxylic acids is 2. The number of nitrogens with zero attached hydrogens (tertiary/aromatic N) is 1. The number of hydrazine groups is 1. The van der Waals surface area contributed by atoms with Crippen molar-refractivity contribution in [2.24, 2.45) is 0 Å². The van der Waals surface area contributed by atoms with Crippen LogP contribution >= 0.6 is 0 Å². The van der Waals surface area contributed by atoms with Crippen LogP contribution in [0.3, 0.4) is 0 Å². The number of nitrogens with one attached hydrogen (secondary N) is 2. The second kappa shape index (κ2) is 9.06. The van der Waals surface area contributed by atoms with E-state index in [0.29, 0.717) is 5.56 Å². The van der Waals surface area contributed by atoms with Gasteiger partial charge in [0.1, 0.15) is 5.75 Å². The Morgan fingerprint density at radius 3 is 2.12 bits per heavy atom.